The van der Waals surface area contributed by atoms with Gasteiger partial charge >= 0.3 is 0 Å². The molecule has 0 aliphatic carbocycles. The van der Waals surface area contributed by atoms with Gasteiger partial charge in [0.25, 0.3) is 0 Å². The molecule has 1 aromatic carbocycles. The fraction of sp³-hybridized carbons (Fsp3) is 0.250. The molecule has 0 N–H and O–H groups in total. The third kappa shape index (κ3) is 2.91. The van der Waals surface area contributed by atoms with Crippen LogP contribution in [0.1, 0.15) is 12.5 Å². The van der Waals surface area contributed by atoms with Gasteiger partial charge in [-0.25, -0.2) is 0 Å². The minimum atomic E-state index is 0.471. The van der Waals surface area contributed by atoms with Crippen LogP contribution in [0.25, 0.3) is 6.08 Å². The Hall–Kier alpha value is -1.66. The first-order valence-electron chi connectivity index (χ1n) is 4.79. The molecule has 1 rings (SSSR count). The van der Waals surface area contributed by atoms with Crippen LogP contribution in [-0.2, 0) is 0 Å². The summed E-state index contributed by atoms with van der Waals surface area (Å²) < 4.78 is 10.5. The van der Waals surface area contributed by atoms with E-state index in [9.17, 15) is 0 Å². The first-order chi connectivity index (χ1) is 7.72. The number of hydrogen-bond donors (Lipinski definition) is 0. The van der Waals surface area contributed by atoms with Crippen LogP contribution < -0.4 is 9.47 Å². The number of nitrogens with zero attached hydrogens (tertiary/aromatic N) is 1. The maximum Gasteiger partial charge on any atom is 0.179 e. The Bertz CT molecular complexity index is 435. The van der Waals surface area contributed by atoms with Crippen molar-refractivity contribution in [3.63, 3.8) is 0 Å². The van der Waals surface area contributed by atoms with Crippen molar-refractivity contribution in [3.05, 3.63) is 28.8 Å². The van der Waals surface area contributed by atoms with Crippen LogP contribution in [0.5, 0.6) is 11.5 Å². The Labute approximate surface area is 99.9 Å². The number of halogens is 1. The molecule has 0 spiro atoms. The second kappa shape index (κ2) is 6.04. The molecule has 0 atom stereocenters. The number of hydrogen-bond acceptors (Lipinski definition) is 3. The highest BCUT2D eigenvalue weighted by Crippen LogP contribution is 2.36. The average molecular weight is 238 g/mol. The van der Waals surface area contributed by atoms with Crippen LogP contribution in [0, 0.1) is 11.3 Å². The maximum absolute atomic E-state index is 8.44. The zero-order valence-corrected chi connectivity index (χ0v) is 9.91. The van der Waals surface area contributed by atoms with Crippen molar-refractivity contribution >= 4 is 17.7 Å². The summed E-state index contributed by atoms with van der Waals surface area (Å²) in [5, 5.41) is 8.91. The summed E-state index contributed by atoms with van der Waals surface area (Å²) in [5.74, 6) is 1.09. The molecule has 0 unspecified atom stereocenters. The molecular weight excluding hydrogens is 226 g/mol. The Kier molecular flexibility index (Phi) is 4.68. The molecule has 0 fully saturated rings. The van der Waals surface area contributed by atoms with Gasteiger partial charge in [0.15, 0.2) is 11.5 Å². The Morgan fingerprint density at radius 2 is 2.25 bits per heavy atom. The van der Waals surface area contributed by atoms with Gasteiger partial charge in [-0.2, -0.15) is 5.26 Å². The van der Waals surface area contributed by atoms with Gasteiger partial charge in [0, 0.05) is 6.08 Å². The van der Waals surface area contributed by atoms with E-state index in [4.69, 9.17) is 26.3 Å². The highest BCUT2D eigenvalue weighted by molar-refractivity contribution is 6.32. The first-order valence-corrected chi connectivity index (χ1v) is 5.17. The molecular formula is C12H12ClNO2. The first kappa shape index (κ1) is 12.4. The molecule has 0 radical (unpaired) electrons. The van der Waals surface area contributed by atoms with Crippen LogP contribution in [0.3, 0.4) is 0 Å². The standard InChI is InChI=1S/C12H12ClNO2/c1-3-16-12-10(13)7-9(5-4-6-14)8-11(12)15-2/h4-5,7-8H,3H2,1-2H3. The Morgan fingerprint density at radius 1 is 1.50 bits per heavy atom. The number of ether oxygens (including phenoxy) is 2. The summed E-state index contributed by atoms with van der Waals surface area (Å²) >= 11 is 6.05. The zero-order valence-electron chi connectivity index (χ0n) is 9.16. The highest BCUT2D eigenvalue weighted by atomic mass is 35.5. The van der Waals surface area contributed by atoms with E-state index in [2.05, 4.69) is 0 Å². The third-order valence-electron chi connectivity index (χ3n) is 1.89. The average Bonchev–Trinajstić information content (AvgIpc) is 2.29. The molecule has 0 saturated heterocycles. The molecule has 0 saturated carbocycles. The van der Waals surface area contributed by atoms with Crippen molar-refractivity contribution < 1.29 is 9.47 Å². The molecule has 4 heteroatoms. The largest absolute Gasteiger partial charge is 0.493 e. The van der Waals surface area contributed by atoms with E-state index in [1.165, 1.54) is 6.08 Å². The SMILES string of the molecule is CCOc1c(Cl)cc(C=CC#N)cc1OC. The summed E-state index contributed by atoms with van der Waals surface area (Å²) in [7, 11) is 1.55. The van der Waals surface area contributed by atoms with E-state index in [-0.39, 0.29) is 0 Å². The molecule has 0 aliphatic heterocycles. The van der Waals surface area contributed by atoms with Gasteiger partial charge in [0.1, 0.15) is 0 Å². The van der Waals surface area contributed by atoms with Gasteiger partial charge in [0.05, 0.1) is 24.8 Å². The highest BCUT2D eigenvalue weighted by Gasteiger charge is 2.10. The molecule has 0 aliphatic rings. The van der Waals surface area contributed by atoms with E-state index in [0.717, 1.165) is 5.56 Å². The normalized spacial score (nSPS) is 10.1. The van der Waals surface area contributed by atoms with E-state index in [1.807, 2.05) is 13.0 Å². The van der Waals surface area contributed by atoms with E-state index in [1.54, 1.807) is 25.3 Å². The summed E-state index contributed by atoms with van der Waals surface area (Å²) in [5.41, 5.74) is 0.798. The van der Waals surface area contributed by atoms with Gasteiger partial charge in [0.2, 0.25) is 0 Å². The fourth-order valence-corrected chi connectivity index (χ4v) is 1.53. The zero-order chi connectivity index (χ0) is 12.0. The molecule has 0 bridgehead atoms. The lowest BCUT2D eigenvalue weighted by atomic mass is 10.2. The molecule has 3 nitrogen and oxygen atoms in total. The lowest BCUT2D eigenvalue weighted by Crippen LogP contribution is -1.96. The minimum Gasteiger partial charge on any atom is -0.493 e. The molecule has 16 heavy (non-hydrogen) atoms. The predicted molar refractivity (Wildman–Crippen MR) is 63.8 cm³/mol. The number of rotatable bonds is 4. The van der Waals surface area contributed by atoms with Gasteiger partial charge in [-0.15, -0.1) is 0 Å². The van der Waals surface area contributed by atoms with E-state index < -0.39 is 0 Å². The molecule has 0 aromatic heterocycles. The predicted octanol–water partition coefficient (Wildman–Crippen LogP) is 3.28. The number of nitriles is 1. The Morgan fingerprint density at radius 3 is 2.81 bits per heavy atom. The van der Waals surface area contributed by atoms with Crippen molar-refractivity contribution in [2.45, 2.75) is 6.92 Å². The monoisotopic (exact) mass is 237 g/mol. The minimum absolute atomic E-state index is 0.471. The van der Waals surface area contributed by atoms with Crippen molar-refractivity contribution in [3.8, 4) is 17.6 Å². The number of methoxy groups -OCH3 is 1. The quantitative estimate of drug-likeness (QED) is 0.755. The lowest BCUT2D eigenvalue weighted by Gasteiger charge is -2.11. The van der Waals surface area contributed by atoms with Crippen molar-refractivity contribution in [1.82, 2.24) is 0 Å². The maximum atomic E-state index is 8.44. The van der Waals surface area contributed by atoms with E-state index in [0.29, 0.717) is 23.1 Å². The molecule has 1 aromatic rings. The van der Waals surface area contributed by atoms with Gasteiger partial charge in [-0.1, -0.05) is 11.6 Å². The van der Waals surface area contributed by atoms with Gasteiger partial charge in [-0.3, -0.25) is 0 Å². The second-order valence-corrected chi connectivity index (χ2v) is 3.34. The van der Waals surface area contributed by atoms with Crippen LogP contribution in [-0.4, -0.2) is 13.7 Å². The lowest BCUT2D eigenvalue weighted by molar-refractivity contribution is 0.311. The summed E-state index contributed by atoms with van der Waals surface area (Å²) in [6, 6.07) is 5.41. The third-order valence-corrected chi connectivity index (χ3v) is 2.17. The smallest absolute Gasteiger partial charge is 0.179 e. The topological polar surface area (TPSA) is 42.2 Å². The van der Waals surface area contributed by atoms with Crippen LogP contribution in [0.15, 0.2) is 18.2 Å². The molecule has 0 heterocycles. The number of allylic oxidation sites excluding steroid dienone is 1. The van der Waals surface area contributed by atoms with Crippen molar-refractivity contribution in [2.24, 2.45) is 0 Å². The Balaban J connectivity index is 3.16. The van der Waals surface area contributed by atoms with E-state index >= 15 is 0 Å². The van der Waals surface area contributed by atoms with Gasteiger partial charge < -0.3 is 9.47 Å². The van der Waals surface area contributed by atoms with Gasteiger partial charge in [-0.05, 0) is 30.7 Å². The summed E-state index contributed by atoms with van der Waals surface area (Å²) in [6.07, 6.45) is 3.04. The van der Waals surface area contributed by atoms with Crippen LogP contribution in [0.2, 0.25) is 5.02 Å². The second-order valence-electron chi connectivity index (χ2n) is 2.93. The summed E-state index contributed by atoms with van der Waals surface area (Å²) in [4.78, 5) is 0. The van der Waals surface area contributed by atoms with Crippen molar-refractivity contribution in [1.29, 1.82) is 5.26 Å². The molecule has 0 amide bonds. The van der Waals surface area contributed by atoms with Crippen LogP contribution >= 0.6 is 11.6 Å². The number of benzene rings is 1. The summed E-state index contributed by atoms with van der Waals surface area (Å²) in [6.45, 7) is 2.39. The molecule has 84 valence electrons. The van der Waals surface area contributed by atoms with Crippen LogP contribution in [0.4, 0.5) is 0 Å². The van der Waals surface area contributed by atoms with Crippen molar-refractivity contribution in [2.75, 3.05) is 13.7 Å². The fourth-order valence-electron chi connectivity index (χ4n) is 1.25.